The van der Waals surface area contributed by atoms with E-state index in [2.05, 4.69) is 49.3 Å². The topological polar surface area (TPSA) is 119 Å². The van der Waals surface area contributed by atoms with Crippen LogP contribution in [0.4, 0.5) is 11.9 Å². The van der Waals surface area contributed by atoms with Crippen molar-refractivity contribution < 1.29 is 0 Å². The lowest BCUT2D eigenvalue weighted by atomic mass is 9.99. The van der Waals surface area contributed by atoms with E-state index in [1.165, 1.54) is 23.8 Å². The number of nitrogens with two attached hydrogens (primary N) is 2. The molecule has 5 rings (SSSR count). The zero-order valence-electron chi connectivity index (χ0n) is 16.1. The zero-order valence-corrected chi connectivity index (χ0v) is 16.1. The molecule has 0 aliphatic heterocycles. The fourth-order valence-electron chi connectivity index (χ4n) is 3.83. The molecule has 7 heteroatoms. The molecule has 0 saturated heterocycles. The minimum absolute atomic E-state index is 0.255. The Hall–Kier alpha value is -3.48. The Kier molecular flexibility index (Phi) is 4.35. The maximum Gasteiger partial charge on any atom is 0.220 e. The quantitative estimate of drug-likeness (QED) is 0.468. The van der Waals surface area contributed by atoms with Crippen LogP contribution in [0.3, 0.4) is 0 Å². The molecule has 29 heavy (non-hydrogen) atoms. The molecule has 0 bridgehead atoms. The van der Waals surface area contributed by atoms with Crippen LogP contribution in [0.5, 0.6) is 0 Å². The molecule has 1 aliphatic rings. The molecule has 0 unspecified atom stereocenters. The molecule has 3 aromatic heterocycles. The van der Waals surface area contributed by atoms with E-state index < -0.39 is 0 Å². The first-order valence-corrected chi connectivity index (χ1v) is 9.95. The van der Waals surface area contributed by atoms with E-state index in [1.807, 2.05) is 12.3 Å². The molecular weight excluding hydrogens is 362 g/mol. The molecule has 3 heterocycles. The summed E-state index contributed by atoms with van der Waals surface area (Å²) >= 11 is 0. The van der Waals surface area contributed by atoms with Crippen molar-refractivity contribution in [1.29, 1.82) is 0 Å². The lowest BCUT2D eigenvalue weighted by Gasteiger charge is -2.12. The van der Waals surface area contributed by atoms with Crippen molar-refractivity contribution >= 4 is 22.8 Å². The average molecular weight is 385 g/mol. The van der Waals surface area contributed by atoms with E-state index in [0.29, 0.717) is 11.9 Å². The Bertz CT molecular complexity index is 1180. The number of aromatic amines is 1. The van der Waals surface area contributed by atoms with Crippen LogP contribution in [0.25, 0.3) is 22.2 Å². The maximum atomic E-state index is 5.93. The third-order valence-corrected chi connectivity index (χ3v) is 5.54. The molecule has 0 spiro atoms. The Morgan fingerprint density at radius 2 is 1.69 bits per heavy atom. The van der Waals surface area contributed by atoms with Gasteiger partial charge in [0.1, 0.15) is 0 Å². The number of nitrogens with zero attached hydrogens (tertiary/aromatic N) is 4. The van der Waals surface area contributed by atoms with Gasteiger partial charge in [-0.3, -0.25) is 0 Å². The second-order valence-corrected chi connectivity index (χ2v) is 7.70. The molecule has 0 amide bonds. The van der Waals surface area contributed by atoms with Crippen molar-refractivity contribution in [1.82, 2.24) is 24.9 Å². The minimum Gasteiger partial charge on any atom is -0.368 e. The second-order valence-electron chi connectivity index (χ2n) is 7.70. The summed E-state index contributed by atoms with van der Waals surface area (Å²) < 4.78 is 0. The van der Waals surface area contributed by atoms with Gasteiger partial charge in [-0.05, 0) is 55.2 Å². The van der Waals surface area contributed by atoms with Crippen molar-refractivity contribution in [2.24, 2.45) is 5.92 Å². The maximum absolute atomic E-state index is 5.93. The first-order valence-electron chi connectivity index (χ1n) is 9.95. The summed E-state index contributed by atoms with van der Waals surface area (Å²) in [7, 11) is 0. The number of hydrogen-bond acceptors (Lipinski definition) is 6. The number of aromatic nitrogens is 5. The monoisotopic (exact) mass is 385 g/mol. The third kappa shape index (κ3) is 3.63. The number of benzene rings is 1. The number of aryl methyl sites for hydroxylation is 2. The summed E-state index contributed by atoms with van der Waals surface area (Å²) in [5.74, 6) is 1.23. The van der Waals surface area contributed by atoms with Gasteiger partial charge in [0, 0.05) is 35.1 Å². The Morgan fingerprint density at radius 3 is 2.55 bits per heavy atom. The number of nitrogens with one attached hydrogen (secondary N) is 1. The molecule has 1 saturated carbocycles. The van der Waals surface area contributed by atoms with Gasteiger partial charge in [-0.25, -0.2) is 19.9 Å². The number of para-hydroxylation sites is 1. The first-order chi connectivity index (χ1) is 14.2. The molecular formula is C22H23N7. The van der Waals surface area contributed by atoms with Gasteiger partial charge < -0.3 is 16.5 Å². The lowest BCUT2D eigenvalue weighted by Crippen LogP contribution is -2.07. The van der Waals surface area contributed by atoms with Crippen LogP contribution < -0.4 is 11.5 Å². The van der Waals surface area contributed by atoms with Gasteiger partial charge in [0.15, 0.2) is 0 Å². The van der Waals surface area contributed by atoms with Crippen LogP contribution in [0.2, 0.25) is 0 Å². The Morgan fingerprint density at radius 1 is 0.931 bits per heavy atom. The van der Waals surface area contributed by atoms with E-state index >= 15 is 0 Å². The smallest absolute Gasteiger partial charge is 0.220 e. The molecule has 1 fully saturated rings. The highest BCUT2D eigenvalue weighted by molar-refractivity contribution is 5.83. The van der Waals surface area contributed by atoms with Gasteiger partial charge in [-0.1, -0.05) is 18.2 Å². The van der Waals surface area contributed by atoms with Gasteiger partial charge in [0.05, 0.1) is 11.4 Å². The summed E-state index contributed by atoms with van der Waals surface area (Å²) in [4.78, 5) is 20.9. The highest BCUT2D eigenvalue weighted by Crippen LogP contribution is 2.35. The van der Waals surface area contributed by atoms with E-state index in [-0.39, 0.29) is 5.95 Å². The molecule has 0 atom stereocenters. The number of rotatable bonds is 6. The van der Waals surface area contributed by atoms with Crippen LogP contribution in [-0.4, -0.2) is 24.9 Å². The van der Waals surface area contributed by atoms with E-state index in [9.17, 15) is 0 Å². The Balaban J connectivity index is 1.49. The van der Waals surface area contributed by atoms with E-state index in [4.69, 9.17) is 11.5 Å². The van der Waals surface area contributed by atoms with Gasteiger partial charge >= 0.3 is 0 Å². The molecule has 1 aromatic carbocycles. The van der Waals surface area contributed by atoms with Crippen LogP contribution >= 0.6 is 0 Å². The number of nitrogen functional groups attached to an aromatic ring is 2. The first kappa shape index (κ1) is 17.6. The third-order valence-electron chi connectivity index (χ3n) is 5.54. The Labute approximate surface area is 168 Å². The van der Waals surface area contributed by atoms with Gasteiger partial charge in [-0.15, -0.1) is 0 Å². The summed E-state index contributed by atoms with van der Waals surface area (Å²) in [5, 5.41) is 1.25. The van der Waals surface area contributed by atoms with E-state index in [0.717, 1.165) is 47.3 Å². The minimum atomic E-state index is 0.255. The van der Waals surface area contributed by atoms with Gasteiger partial charge in [0.25, 0.3) is 0 Å². The van der Waals surface area contributed by atoms with E-state index in [1.54, 1.807) is 6.20 Å². The predicted octanol–water partition coefficient (Wildman–Crippen LogP) is 3.32. The van der Waals surface area contributed by atoms with Crippen molar-refractivity contribution in [2.75, 3.05) is 11.5 Å². The van der Waals surface area contributed by atoms with Gasteiger partial charge in [-0.2, -0.15) is 0 Å². The molecule has 0 radical (unpaired) electrons. The standard InChI is InChI=1S/C22H23N7/c23-21-27-12-17(19(28-21)9-13-5-6-13)20-15(11-26-22(24)29-20)8-7-14-10-25-18-4-2-1-3-16(14)18/h1-4,10-13,25H,5-9H2,(H2,23,27,28)(H2,24,26,29). The fourth-order valence-corrected chi connectivity index (χ4v) is 3.83. The van der Waals surface area contributed by atoms with Crippen molar-refractivity contribution in [3.05, 3.63) is 59.7 Å². The highest BCUT2D eigenvalue weighted by atomic mass is 15.0. The number of hydrogen-bond donors (Lipinski definition) is 3. The van der Waals surface area contributed by atoms with Gasteiger partial charge in [0.2, 0.25) is 11.9 Å². The molecule has 7 nitrogen and oxygen atoms in total. The van der Waals surface area contributed by atoms with Crippen LogP contribution in [0, 0.1) is 5.92 Å². The highest BCUT2D eigenvalue weighted by Gasteiger charge is 2.25. The normalized spacial score (nSPS) is 13.8. The molecule has 4 aromatic rings. The summed E-state index contributed by atoms with van der Waals surface area (Å²) in [5.41, 5.74) is 17.9. The molecule has 1 aliphatic carbocycles. The summed E-state index contributed by atoms with van der Waals surface area (Å²) in [6.07, 6.45) is 10.7. The fraction of sp³-hybridized carbons (Fsp3) is 0.273. The van der Waals surface area contributed by atoms with Crippen LogP contribution in [0.1, 0.15) is 29.7 Å². The van der Waals surface area contributed by atoms with Crippen molar-refractivity contribution in [3.8, 4) is 11.3 Å². The number of fused-ring (bicyclic) bond motifs is 1. The second kappa shape index (κ2) is 7.16. The predicted molar refractivity (Wildman–Crippen MR) is 114 cm³/mol. The van der Waals surface area contributed by atoms with Crippen LogP contribution in [0.15, 0.2) is 42.9 Å². The largest absolute Gasteiger partial charge is 0.368 e. The summed E-state index contributed by atoms with van der Waals surface area (Å²) in [6.45, 7) is 0. The SMILES string of the molecule is Nc1ncc(-c2nc(N)ncc2CCc2c[nH]c3ccccc23)c(CC2CC2)n1. The van der Waals surface area contributed by atoms with Crippen molar-refractivity contribution in [2.45, 2.75) is 32.1 Å². The number of anilines is 2. The molecule has 5 N–H and O–H groups in total. The number of H-pyrrole nitrogens is 1. The zero-order chi connectivity index (χ0) is 19.8. The lowest BCUT2D eigenvalue weighted by molar-refractivity contribution is 0.801. The van der Waals surface area contributed by atoms with Crippen molar-refractivity contribution in [3.63, 3.8) is 0 Å². The average Bonchev–Trinajstić information content (AvgIpc) is 3.44. The van der Waals surface area contributed by atoms with Crippen LogP contribution in [-0.2, 0) is 19.3 Å². The summed E-state index contributed by atoms with van der Waals surface area (Å²) in [6, 6.07) is 8.33. The molecule has 146 valence electrons.